The first-order valence-corrected chi connectivity index (χ1v) is 6.12. The number of amides is 1. The van der Waals surface area contributed by atoms with E-state index in [2.05, 4.69) is 5.32 Å². The second-order valence-electron chi connectivity index (χ2n) is 4.89. The number of rotatable bonds is 5. The lowest BCUT2D eigenvalue weighted by atomic mass is 10.0. The van der Waals surface area contributed by atoms with Crippen molar-refractivity contribution in [2.75, 3.05) is 6.54 Å². The molecule has 1 unspecified atom stereocenters. The van der Waals surface area contributed by atoms with Crippen LogP contribution in [0, 0.1) is 12.7 Å². The van der Waals surface area contributed by atoms with Crippen molar-refractivity contribution < 1.29 is 14.3 Å². The third-order valence-electron chi connectivity index (χ3n) is 2.85. The average Bonchev–Trinajstić information content (AvgIpc) is 2.30. The third-order valence-corrected chi connectivity index (χ3v) is 2.85. The Morgan fingerprint density at radius 2 is 2.17 bits per heavy atom. The molecule has 0 saturated carbocycles. The topological polar surface area (TPSA) is 49.3 Å². The summed E-state index contributed by atoms with van der Waals surface area (Å²) in [6.45, 7) is 5.44. The van der Waals surface area contributed by atoms with Gasteiger partial charge in [0.15, 0.2) is 0 Å². The molecule has 2 N–H and O–H groups in total. The highest BCUT2D eigenvalue weighted by molar-refractivity contribution is 5.94. The third kappa shape index (κ3) is 4.11. The zero-order valence-electron chi connectivity index (χ0n) is 11.1. The van der Waals surface area contributed by atoms with Gasteiger partial charge in [0.25, 0.3) is 5.91 Å². The lowest BCUT2D eigenvalue weighted by Gasteiger charge is -2.22. The number of nitrogens with one attached hydrogen (secondary N) is 1. The van der Waals surface area contributed by atoms with Crippen molar-refractivity contribution in [2.45, 2.75) is 39.2 Å². The van der Waals surface area contributed by atoms with E-state index in [-0.39, 0.29) is 18.0 Å². The number of carbonyl (C=O) groups excluding carboxylic acids is 1. The Labute approximate surface area is 107 Å². The van der Waals surface area contributed by atoms with E-state index >= 15 is 0 Å². The summed E-state index contributed by atoms with van der Waals surface area (Å²) in [5.41, 5.74) is -0.150. The SMILES string of the molecule is CCCC(C)(O)CNC(=O)c1ccc(C)c(F)c1. The van der Waals surface area contributed by atoms with Crippen LogP contribution in [0.15, 0.2) is 18.2 Å². The average molecular weight is 253 g/mol. The molecular formula is C14H20FNO2. The lowest BCUT2D eigenvalue weighted by Crippen LogP contribution is -2.40. The van der Waals surface area contributed by atoms with Gasteiger partial charge in [0.05, 0.1) is 5.60 Å². The van der Waals surface area contributed by atoms with Crippen molar-refractivity contribution in [1.29, 1.82) is 0 Å². The highest BCUT2D eigenvalue weighted by Gasteiger charge is 2.20. The van der Waals surface area contributed by atoms with Gasteiger partial charge < -0.3 is 10.4 Å². The fraction of sp³-hybridized carbons (Fsp3) is 0.500. The van der Waals surface area contributed by atoms with Gasteiger partial charge in [-0.1, -0.05) is 19.4 Å². The van der Waals surface area contributed by atoms with Gasteiger partial charge in [-0.2, -0.15) is 0 Å². The second kappa shape index (κ2) is 5.96. The molecule has 18 heavy (non-hydrogen) atoms. The molecule has 0 spiro atoms. The van der Waals surface area contributed by atoms with Crippen molar-refractivity contribution >= 4 is 5.91 Å². The summed E-state index contributed by atoms with van der Waals surface area (Å²) < 4.78 is 13.3. The smallest absolute Gasteiger partial charge is 0.251 e. The first-order valence-electron chi connectivity index (χ1n) is 6.12. The van der Waals surface area contributed by atoms with Gasteiger partial charge in [-0.05, 0) is 38.0 Å². The summed E-state index contributed by atoms with van der Waals surface area (Å²) in [5, 5.41) is 12.5. The number of aryl methyl sites for hydroxylation is 1. The number of aliphatic hydroxyl groups is 1. The van der Waals surface area contributed by atoms with Crippen LogP contribution in [0.5, 0.6) is 0 Å². The maximum Gasteiger partial charge on any atom is 0.251 e. The number of hydrogen-bond acceptors (Lipinski definition) is 2. The van der Waals surface area contributed by atoms with Crippen LogP contribution in [0.4, 0.5) is 4.39 Å². The van der Waals surface area contributed by atoms with Crippen molar-refractivity contribution in [3.05, 3.63) is 35.1 Å². The minimum Gasteiger partial charge on any atom is -0.388 e. The number of carbonyl (C=O) groups is 1. The molecule has 0 heterocycles. The van der Waals surface area contributed by atoms with Gasteiger partial charge in [0.1, 0.15) is 5.82 Å². The van der Waals surface area contributed by atoms with Gasteiger partial charge in [-0.25, -0.2) is 4.39 Å². The van der Waals surface area contributed by atoms with E-state index in [1.165, 1.54) is 6.07 Å². The summed E-state index contributed by atoms with van der Waals surface area (Å²) in [6, 6.07) is 4.34. The molecule has 1 amide bonds. The largest absolute Gasteiger partial charge is 0.388 e. The van der Waals surface area contributed by atoms with Crippen LogP contribution < -0.4 is 5.32 Å². The van der Waals surface area contributed by atoms with Crippen molar-refractivity contribution in [2.24, 2.45) is 0 Å². The zero-order chi connectivity index (χ0) is 13.8. The predicted molar refractivity (Wildman–Crippen MR) is 69.0 cm³/mol. The van der Waals surface area contributed by atoms with Crippen molar-refractivity contribution in [3.63, 3.8) is 0 Å². The van der Waals surface area contributed by atoms with E-state index in [1.54, 1.807) is 26.0 Å². The highest BCUT2D eigenvalue weighted by Crippen LogP contribution is 2.12. The highest BCUT2D eigenvalue weighted by atomic mass is 19.1. The zero-order valence-corrected chi connectivity index (χ0v) is 11.1. The predicted octanol–water partition coefficient (Wildman–Crippen LogP) is 2.42. The molecule has 0 saturated heterocycles. The minimum absolute atomic E-state index is 0.162. The maximum atomic E-state index is 13.3. The summed E-state index contributed by atoms with van der Waals surface area (Å²) in [5.74, 6) is -0.770. The molecule has 3 nitrogen and oxygen atoms in total. The first-order chi connectivity index (χ1) is 8.35. The van der Waals surface area contributed by atoms with Gasteiger partial charge >= 0.3 is 0 Å². The Balaban J connectivity index is 2.63. The van der Waals surface area contributed by atoms with Gasteiger partial charge in [-0.3, -0.25) is 4.79 Å². The molecule has 0 aromatic heterocycles. The molecule has 0 bridgehead atoms. The molecule has 0 fully saturated rings. The van der Waals surface area contributed by atoms with Gasteiger partial charge in [-0.15, -0.1) is 0 Å². The Bertz CT molecular complexity index is 430. The summed E-state index contributed by atoms with van der Waals surface area (Å²) in [7, 11) is 0. The Kier molecular flexibility index (Phi) is 4.84. The molecule has 0 aliphatic rings. The van der Waals surface area contributed by atoms with Crippen LogP contribution in [-0.4, -0.2) is 23.2 Å². The van der Waals surface area contributed by atoms with Crippen LogP contribution in [0.2, 0.25) is 0 Å². The van der Waals surface area contributed by atoms with Crippen molar-refractivity contribution in [3.8, 4) is 0 Å². The van der Waals surface area contributed by atoms with Gasteiger partial charge in [0.2, 0.25) is 0 Å². The second-order valence-corrected chi connectivity index (χ2v) is 4.89. The first kappa shape index (κ1) is 14.6. The van der Waals surface area contributed by atoms with E-state index in [0.29, 0.717) is 12.0 Å². The normalized spacial score (nSPS) is 14.1. The van der Waals surface area contributed by atoms with Crippen LogP contribution in [0.3, 0.4) is 0 Å². The summed E-state index contributed by atoms with van der Waals surface area (Å²) in [6.07, 6.45) is 1.44. The van der Waals surface area contributed by atoms with Crippen LogP contribution >= 0.6 is 0 Å². The summed E-state index contributed by atoms with van der Waals surface area (Å²) >= 11 is 0. The number of benzene rings is 1. The molecular weight excluding hydrogens is 233 g/mol. The molecule has 0 aliphatic carbocycles. The molecule has 1 rings (SSSR count). The molecule has 1 atom stereocenters. The molecule has 1 aromatic carbocycles. The Morgan fingerprint density at radius 1 is 1.50 bits per heavy atom. The van der Waals surface area contributed by atoms with E-state index in [0.717, 1.165) is 6.42 Å². The van der Waals surface area contributed by atoms with Gasteiger partial charge in [0, 0.05) is 12.1 Å². The molecule has 0 radical (unpaired) electrons. The van der Waals surface area contributed by atoms with Crippen LogP contribution in [-0.2, 0) is 0 Å². The van der Waals surface area contributed by atoms with E-state index in [1.807, 2.05) is 6.92 Å². The quantitative estimate of drug-likeness (QED) is 0.846. The van der Waals surface area contributed by atoms with Crippen LogP contribution in [0.25, 0.3) is 0 Å². The molecule has 0 aliphatic heterocycles. The fourth-order valence-corrected chi connectivity index (χ4v) is 1.73. The molecule has 1 aromatic rings. The monoisotopic (exact) mass is 253 g/mol. The Morgan fingerprint density at radius 3 is 2.72 bits per heavy atom. The lowest BCUT2D eigenvalue weighted by molar-refractivity contribution is 0.0469. The van der Waals surface area contributed by atoms with E-state index in [4.69, 9.17) is 0 Å². The minimum atomic E-state index is -0.923. The summed E-state index contributed by atoms with van der Waals surface area (Å²) in [4.78, 5) is 11.8. The fourth-order valence-electron chi connectivity index (χ4n) is 1.73. The van der Waals surface area contributed by atoms with E-state index < -0.39 is 11.4 Å². The number of halogens is 1. The standard InChI is InChI=1S/C14H20FNO2/c1-4-7-14(3,18)9-16-13(17)11-6-5-10(2)12(15)8-11/h5-6,8,18H,4,7,9H2,1-3H3,(H,16,17). The Hall–Kier alpha value is -1.42. The van der Waals surface area contributed by atoms with Crippen molar-refractivity contribution in [1.82, 2.24) is 5.32 Å². The van der Waals surface area contributed by atoms with Crippen LogP contribution in [0.1, 0.15) is 42.6 Å². The molecule has 4 heteroatoms. The number of hydrogen-bond donors (Lipinski definition) is 2. The molecule has 100 valence electrons. The van der Waals surface area contributed by atoms with E-state index in [9.17, 15) is 14.3 Å². The maximum absolute atomic E-state index is 13.3.